The van der Waals surface area contributed by atoms with Gasteiger partial charge in [-0.3, -0.25) is 9.59 Å². The Hall–Kier alpha value is -3.59. The molecule has 0 saturated carbocycles. The van der Waals surface area contributed by atoms with Crippen molar-refractivity contribution in [2.45, 2.75) is 19.0 Å². The lowest BCUT2D eigenvalue weighted by atomic mass is 10.1. The Labute approximate surface area is 182 Å². The molecule has 4 aromatic rings. The first-order chi connectivity index (χ1) is 15.0. The molecular formula is C22H21N5O3S. The van der Waals surface area contributed by atoms with Crippen molar-refractivity contribution in [3.63, 3.8) is 0 Å². The molecule has 158 valence electrons. The van der Waals surface area contributed by atoms with Crippen molar-refractivity contribution < 1.29 is 9.53 Å². The van der Waals surface area contributed by atoms with Gasteiger partial charge in [-0.1, -0.05) is 30.0 Å². The van der Waals surface area contributed by atoms with E-state index < -0.39 is 0 Å². The number of thioether (sulfide) groups is 1. The monoisotopic (exact) mass is 435 g/mol. The van der Waals surface area contributed by atoms with Crippen molar-refractivity contribution in [2.24, 2.45) is 0 Å². The van der Waals surface area contributed by atoms with E-state index in [0.717, 1.165) is 28.6 Å². The Morgan fingerprint density at radius 2 is 2.03 bits per heavy atom. The van der Waals surface area contributed by atoms with Gasteiger partial charge in [-0.15, -0.1) is 0 Å². The van der Waals surface area contributed by atoms with Crippen LogP contribution in [0.1, 0.15) is 11.1 Å². The molecule has 0 saturated heterocycles. The van der Waals surface area contributed by atoms with Gasteiger partial charge in [-0.05, 0) is 43.2 Å². The van der Waals surface area contributed by atoms with Crippen molar-refractivity contribution in [3.8, 4) is 11.4 Å². The van der Waals surface area contributed by atoms with E-state index in [2.05, 4.69) is 20.4 Å². The number of ether oxygens (including phenoxy) is 1. The summed E-state index contributed by atoms with van der Waals surface area (Å²) >= 11 is 1.15. The number of amides is 1. The quantitative estimate of drug-likeness (QED) is 0.355. The zero-order valence-electron chi connectivity index (χ0n) is 17.3. The Bertz CT molecular complexity index is 1330. The molecule has 0 radical (unpaired) electrons. The largest absolute Gasteiger partial charge is 0.497 e. The number of aromatic amines is 1. The lowest BCUT2D eigenvalue weighted by Crippen LogP contribution is -2.15. The van der Waals surface area contributed by atoms with Gasteiger partial charge in [0.05, 0.1) is 24.7 Å². The molecule has 31 heavy (non-hydrogen) atoms. The topological polar surface area (TPSA) is 102 Å². The predicted octanol–water partition coefficient (Wildman–Crippen LogP) is 3.47. The number of hydrogen-bond donors (Lipinski definition) is 2. The number of fused-ring (bicyclic) bond motifs is 1. The normalized spacial score (nSPS) is 10.9. The number of rotatable bonds is 6. The van der Waals surface area contributed by atoms with Gasteiger partial charge in [-0.25, -0.2) is 9.67 Å². The van der Waals surface area contributed by atoms with Gasteiger partial charge >= 0.3 is 0 Å². The molecule has 0 unspecified atom stereocenters. The van der Waals surface area contributed by atoms with Gasteiger partial charge < -0.3 is 15.0 Å². The Morgan fingerprint density at radius 3 is 2.84 bits per heavy atom. The summed E-state index contributed by atoms with van der Waals surface area (Å²) in [4.78, 5) is 32.1. The van der Waals surface area contributed by atoms with E-state index in [1.165, 1.54) is 6.20 Å². The van der Waals surface area contributed by atoms with Crippen molar-refractivity contribution in [1.29, 1.82) is 0 Å². The number of nitrogens with one attached hydrogen (secondary N) is 2. The molecule has 4 rings (SSSR count). The number of aromatic nitrogens is 4. The molecule has 0 aliphatic carbocycles. The van der Waals surface area contributed by atoms with E-state index in [0.29, 0.717) is 27.6 Å². The maximum Gasteiger partial charge on any atom is 0.262 e. The highest BCUT2D eigenvalue weighted by Gasteiger charge is 2.14. The number of methoxy groups -OCH3 is 1. The maximum atomic E-state index is 12.5. The van der Waals surface area contributed by atoms with Crippen LogP contribution in [0.4, 0.5) is 5.69 Å². The first-order valence-corrected chi connectivity index (χ1v) is 10.6. The van der Waals surface area contributed by atoms with Gasteiger partial charge in [-0.2, -0.15) is 5.10 Å². The van der Waals surface area contributed by atoms with Crippen molar-refractivity contribution in [1.82, 2.24) is 19.7 Å². The third-order valence-electron chi connectivity index (χ3n) is 4.91. The van der Waals surface area contributed by atoms with E-state index in [1.54, 1.807) is 36.1 Å². The number of carbonyl (C=O) groups is 1. The molecular weight excluding hydrogens is 414 g/mol. The fourth-order valence-corrected chi connectivity index (χ4v) is 3.80. The minimum atomic E-state index is -0.294. The molecule has 2 aromatic heterocycles. The first kappa shape index (κ1) is 20.7. The predicted molar refractivity (Wildman–Crippen MR) is 121 cm³/mol. The molecule has 0 fully saturated rings. The number of nitrogens with zero attached hydrogens (tertiary/aromatic N) is 3. The summed E-state index contributed by atoms with van der Waals surface area (Å²) in [6, 6.07) is 13.0. The van der Waals surface area contributed by atoms with E-state index >= 15 is 0 Å². The maximum absolute atomic E-state index is 12.5. The van der Waals surface area contributed by atoms with E-state index in [1.807, 2.05) is 32.0 Å². The van der Waals surface area contributed by atoms with Gasteiger partial charge in [0.2, 0.25) is 5.91 Å². The van der Waals surface area contributed by atoms with E-state index in [-0.39, 0.29) is 17.2 Å². The average molecular weight is 436 g/mol. The Kier molecular flexibility index (Phi) is 5.77. The third-order valence-corrected chi connectivity index (χ3v) is 5.79. The second-order valence-electron chi connectivity index (χ2n) is 6.95. The molecule has 2 N–H and O–H groups in total. The highest BCUT2D eigenvalue weighted by atomic mass is 32.2. The molecule has 0 spiro atoms. The molecule has 2 heterocycles. The first-order valence-electron chi connectivity index (χ1n) is 9.57. The number of H-pyrrole nitrogens is 1. The van der Waals surface area contributed by atoms with Crippen LogP contribution in [0, 0.1) is 13.8 Å². The second-order valence-corrected chi connectivity index (χ2v) is 7.92. The van der Waals surface area contributed by atoms with Crippen molar-refractivity contribution in [3.05, 3.63) is 70.1 Å². The summed E-state index contributed by atoms with van der Waals surface area (Å²) in [5.74, 6) is 0.522. The van der Waals surface area contributed by atoms with E-state index in [9.17, 15) is 9.59 Å². The van der Waals surface area contributed by atoms with Crippen molar-refractivity contribution >= 4 is 34.4 Å². The van der Waals surface area contributed by atoms with Crippen LogP contribution in [-0.2, 0) is 4.79 Å². The fourth-order valence-electron chi connectivity index (χ4n) is 3.14. The Balaban J connectivity index is 1.56. The number of carbonyl (C=O) groups excluding carboxylic acids is 1. The number of aryl methyl sites for hydroxylation is 1. The van der Waals surface area contributed by atoms with Crippen LogP contribution in [0.3, 0.4) is 0 Å². The molecule has 0 aliphatic heterocycles. The molecule has 0 aliphatic rings. The standard InChI is InChI=1S/C22H21N5O3S/c1-13-6-4-9-18(14(13)2)27-20-17(11-23-27)21(29)26-22(25-20)31-12-19(28)24-15-7-5-8-16(10-15)30-3/h4-11H,12H2,1-3H3,(H,24,28)(H,25,26,29). The van der Waals surface area contributed by atoms with Crippen LogP contribution in [0.5, 0.6) is 5.75 Å². The molecule has 9 heteroatoms. The van der Waals surface area contributed by atoms with Gasteiger partial charge in [0.15, 0.2) is 10.8 Å². The third kappa shape index (κ3) is 4.31. The lowest BCUT2D eigenvalue weighted by molar-refractivity contribution is -0.113. The summed E-state index contributed by atoms with van der Waals surface area (Å²) in [5, 5.41) is 7.92. The zero-order valence-corrected chi connectivity index (χ0v) is 18.1. The molecule has 2 aromatic carbocycles. The van der Waals surface area contributed by atoms with Crippen LogP contribution in [0.2, 0.25) is 0 Å². The summed E-state index contributed by atoms with van der Waals surface area (Å²) in [6.07, 6.45) is 1.51. The van der Waals surface area contributed by atoms with Gasteiger partial charge in [0.1, 0.15) is 11.1 Å². The van der Waals surface area contributed by atoms with Crippen LogP contribution in [-0.4, -0.2) is 38.5 Å². The highest BCUT2D eigenvalue weighted by Crippen LogP contribution is 2.22. The molecule has 8 nitrogen and oxygen atoms in total. The number of benzene rings is 2. The SMILES string of the molecule is COc1cccc(NC(=O)CSc2nc3c(cnn3-c3cccc(C)c3C)c(=O)[nH]2)c1. The summed E-state index contributed by atoms with van der Waals surface area (Å²) < 4.78 is 6.82. The summed E-state index contributed by atoms with van der Waals surface area (Å²) in [7, 11) is 1.57. The van der Waals surface area contributed by atoms with Crippen LogP contribution < -0.4 is 15.6 Å². The molecule has 1 amide bonds. The highest BCUT2D eigenvalue weighted by molar-refractivity contribution is 7.99. The van der Waals surface area contributed by atoms with Crippen LogP contribution >= 0.6 is 11.8 Å². The van der Waals surface area contributed by atoms with Crippen LogP contribution in [0.25, 0.3) is 16.7 Å². The second kappa shape index (κ2) is 8.65. The van der Waals surface area contributed by atoms with E-state index in [4.69, 9.17) is 4.74 Å². The minimum absolute atomic E-state index is 0.0866. The van der Waals surface area contributed by atoms with Gasteiger partial charge in [0, 0.05) is 11.8 Å². The number of hydrogen-bond acceptors (Lipinski definition) is 6. The molecule has 0 atom stereocenters. The molecule has 0 bridgehead atoms. The van der Waals surface area contributed by atoms with Gasteiger partial charge in [0.25, 0.3) is 5.56 Å². The van der Waals surface area contributed by atoms with Crippen molar-refractivity contribution in [2.75, 3.05) is 18.2 Å². The van der Waals surface area contributed by atoms with Crippen LogP contribution in [0.15, 0.2) is 58.6 Å². The fraction of sp³-hybridized carbons (Fsp3) is 0.182. The smallest absolute Gasteiger partial charge is 0.262 e. The Morgan fingerprint density at radius 1 is 1.23 bits per heavy atom. The summed E-state index contributed by atoms with van der Waals surface area (Å²) in [5.41, 5.74) is 3.83. The minimum Gasteiger partial charge on any atom is -0.497 e. The zero-order chi connectivity index (χ0) is 22.0. The summed E-state index contributed by atoms with van der Waals surface area (Å²) in [6.45, 7) is 4.02. The lowest BCUT2D eigenvalue weighted by Gasteiger charge is -2.09. The number of anilines is 1. The average Bonchev–Trinajstić information content (AvgIpc) is 3.19.